The van der Waals surface area contributed by atoms with Gasteiger partial charge in [0.25, 0.3) is 0 Å². The van der Waals surface area contributed by atoms with Crippen molar-refractivity contribution in [1.29, 1.82) is 0 Å². The maximum Gasteiger partial charge on any atom is 0.199 e. The summed E-state index contributed by atoms with van der Waals surface area (Å²) in [4.78, 5) is 0. The van der Waals surface area contributed by atoms with Gasteiger partial charge in [0.05, 0.1) is 6.10 Å². The van der Waals surface area contributed by atoms with Crippen LogP contribution in [-0.4, -0.2) is 19.3 Å². The number of para-hydroxylation sites is 1. The first-order chi connectivity index (χ1) is 8.72. The molecule has 1 unspecified atom stereocenters. The molecule has 18 heavy (non-hydrogen) atoms. The summed E-state index contributed by atoms with van der Waals surface area (Å²) in [6.07, 6.45) is 0.201. The summed E-state index contributed by atoms with van der Waals surface area (Å²) in [5.74, 6) is 0. The Balaban J connectivity index is 2.01. The summed E-state index contributed by atoms with van der Waals surface area (Å²) in [5, 5.41) is 4.87. The van der Waals surface area contributed by atoms with Crippen LogP contribution in [0.5, 0.6) is 0 Å². The first-order valence-electron chi connectivity index (χ1n) is 6.20. The van der Waals surface area contributed by atoms with Crippen molar-refractivity contribution < 1.29 is 9.15 Å². The lowest BCUT2D eigenvalue weighted by Gasteiger charge is -2.12. The van der Waals surface area contributed by atoms with Gasteiger partial charge in [-0.25, -0.2) is 0 Å². The molecule has 2 rings (SSSR count). The topological polar surface area (TPSA) is 34.4 Å². The van der Waals surface area contributed by atoms with Crippen molar-refractivity contribution in [3.63, 3.8) is 0 Å². The average Bonchev–Trinajstić information content (AvgIpc) is 2.66. The highest BCUT2D eigenvalue weighted by molar-refractivity contribution is 6.30. The lowest BCUT2D eigenvalue weighted by atomic mass is 10.2. The Morgan fingerprint density at radius 3 is 2.94 bits per heavy atom. The Morgan fingerprint density at radius 2 is 2.17 bits per heavy atom. The summed E-state index contributed by atoms with van der Waals surface area (Å²) < 4.78 is 11.0. The van der Waals surface area contributed by atoms with E-state index in [1.165, 1.54) is 0 Å². The minimum absolute atomic E-state index is 0.201. The van der Waals surface area contributed by atoms with Gasteiger partial charge in [0.2, 0.25) is 0 Å². The molecule has 3 nitrogen and oxygen atoms in total. The van der Waals surface area contributed by atoms with E-state index in [9.17, 15) is 0 Å². The van der Waals surface area contributed by atoms with E-state index >= 15 is 0 Å². The first-order valence-corrected chi connectivity index (χ1v) is 6.58. The first kappa shape index (κ1) is 13.4. The van der Waals surface area contributed by atoms with Crippen molar-refractivity contribution in [2.24, 2.45) is 0 Å². The van der Waals surface area contributed by atoms with E-state index in [1.54, 1.807) is 0 Å². The molecule has 0 aliphatic rings. The number of nitrogens with one attached hydrogen (secondary N) is 1. The monoisotopic (exact) mass is 267 g/mol. The van der Waals surface area contributed by atoms with E-state index in [0.717, 1.165) is 29.7 Å². The van der Waals surface area contributed by atoms with Gasteiger partial charge in [0, 0.05) is 30.6 Å². The van der Waals surface area contributed by atoms with Crippen LogP contribution in [0.1, 0.15) is 19.4 Å². The van der Waals surface area contributed by atoms with Gasteiger partial charge in [-0.3, -0.25) is 0 Å². The maximum absolute atomic E-state index is 6.11. The maximum atomic E-state index is 6.11. The highest BCUT2D eigenvalue weighted by Crippen LogP contribution is 2.29. The number of ether oxygens (including phenoxy) is 1. The highest BCUT2D eigenvalue weighted by atomic mass is 35.5. The molecule has 1 N–H and O–H groups in total. The summed E-state index contributed by atoms with van der Waals surface area (Å²) in [5.41, 5.74) is 1.84. The third-order valence-electron chi connectivity index (χ3n) is 2.83. The van der Waals surface area contributed by atoms with Crippen LogP contribution in [0.25, 0.3) is 11.0 Å². The zero-order valence-electron chi connectivity index (χ0n) is 10.7. The van der Waals surface area contributed by atoms with Crippen LogP contribution in [-0.2, 0) is 11.3 Å². The molecule has 0 aliphatic heterocycles. The number of rotatable bonds is 6. The number of halogens is 1. The highest BCUT2D eigenvalue weighted by Gasteiger charge is 2.11. The third-order valence-corrected chi connectivity index (χ3v) is 3.14. The summed E-state index contributed by atoms with van der Waals surface area (Å²) in [6, 6.07) is 7.87. The molecule has 0 saturated heterocycles. The van der Waals surface area contributed by atoms with Crippen LogP contribution in [0.4, 0.5) is 0 Å². The second kappa shape index (κ2) is 6.23. The molecule has 0 bridgehead atoms. The molecule has 2 aromatic rings. The van der Waals surface area contributed by atoms with E-state index in [0.29, 0.717) is 11.8 Å². The molecule has 0 amide bonds. The van der Waals surface area contributed by atoms with Crippen LogP contribution in [0.2, 0.25) is 5.22 Å². The molecule has 0 spiro atoms. The minimum atomic E-state index is 0.201. The smallest absolute Gasteiger partial charge is 0.199 e. The molecule has 1 atom stereocenters. The van der Waals surface area contributed by atoms with Gasteiger partial charge in [0.1, 0.15) is 5.58 Å². The zero-order valence-corrected chi connectivity index (χ0v) is 11.5. The summed E-state index contributed by atoms with van der Waals surface area (Å²) >= 11 is 6.11. The van der Waals surface area contributed by atoms with Crippen molar-refractivity contribution in [3.05, 3.63) is 35.0 Å². The minimum Gasteiger partial charge on any atom is -0.444 e. The van der Waals surface area contributed by atoms with Gasteiger partial charge in [-0.1, -0.05) is 18.2 Å². The molecule has 1 aromatic carbocycles. The van der Waals surface area contributed by atoms with E-state index in [1.807, 2.05) is 38.1 Å². The predicted octanol–water partition coefficient (Wildman–Crippen LogP) is 3.60. The van der Waals surface area contributed by atoms with Crippen LogP contribution in [0, 0.1) is 0 Å². The number of hydrogen-bond donors (Lipinski definition) is 1. The van der Waals surface area contributed by atoms with Gasteiger partial charge in [-0.05, 0) is 31.5 Å². The molecule has 1 heterocycles. The lowest BCUT2D eigenvalue weighted by molar-refractivity contribution is 0.0759. The zero-order chi connectivity index (χ0) is 13.0. The van der Waals surface area contributed by atoms with Crippen molar-refractivity contribution in [1.82, 2.24) is 5.32 Å². The van der Waals surface area contributed by atoms with Crippen molar-refractivity contribution in [3.8, 4) is 0 Å². The molecule has 0 aliphatic carbocycles. The SMILES string of the molecule is CCOC(C)CNCc1c(Cl)oc2ccccc12. The van der Waals surface area contributed by atoms with E-state index in [-0.39, 0.29) is 6.10 Å². The van der Waals surface area contributed by atoms with Crippen molar-refractivity contribution in [2.45, 2.75) is 26.5 Å². The molecule has 4 heteroatoms. The second-order valence-corrected chi connectivity index (χ2v) is 4.59. The molecule has 0 saturated carbocycles. The van der Waals surface area contributed by atoms with E-state index < -0.39 is 0 Å². The normalized spacial score (nSPS) is 13.1. The van der Waals surface area contributed by atoms with E-state index in [4.69, 9.17) is 20.8 Å². The predicted molar refractivity (Wildman–Crippen MR) is 74.0 cm³/mol. The van der Waals surface area contributed by atoms with Crippen molar-refractivity contribution in [2.75, 3.05) is 13.2 Å². The Hall–Kier alpha value is -1.03. The van der Waals surface area contributed by atoms with Crippen LogP contribution in [0.15, 0.2) is 28.7 Å². The van der Waals surface area contributed by atoms with Crippen LogP contribution < -0.4 is 5.32 Å². The standard InChI is InChI=1S/C14H18ClNO2/c1-3-17-10(2)8-16-9-12-11-6-4-5-7-13(11)18-14(12)15/h4-7,10,16H,3,8-9H2,1-2H3. The Morgan fingerprint density at radius 1 is 1.39 bits per heavy atom. The molecule has 1 aromatic heterocycles. The van der Waals surface area contributed by atoms with Gasteiger partial charge in [-0.2, -0.15) is 0 Å². The number of fused-ring (bicyclic) bond motifs is 1. The fourth-order valence-corrected chi connectivity index (χ4v) is 2.23. The van der Waals surface area contributed by atoms with Gasteiger partial charge in [-0.15, -0.1) is 0 Å². The summed E-state index contributed by atoms with van der Waals surface area (Å²) in [7, 11) is 0. The molecular formula is C14H18ClNO2. The fourth-order valence-electron chi connectivity index (χ4n) is 1.98. The Labute approximate surface area is 112 Å². The van der Waals surface area contributed by atoms with Crippen LogP contribution >= 0.6 is 11.6 Å². The number of benzene rings is 1. The summed E-state index contributed by atoms with van der Waals surface area (Å²) in [6.45, 7) is 6.26. The van der Waals surface area contributed by atoms with Crippen molar-refractivity contribution >= 4 is 22.6 Å². The Kier molecular flexibility index (Phi) is 4.64. The second-order valence-electron chi connectivity index (χ2n) is 4.25. The van der Waals surface area contributed by atoms with Gasteiger partial charge in [0.15, 0.2) is 5.22 Å². The van der Waals surface area contributed by atoms with Gasteiger partial charge >= 0.3 is 0 Å². The molecular weight excluding hydrogens is 250 g/mol. The van der Waals surface area contributed by atoms with Crippen LogP contribution in [0.3, 0.4) is 0 Å². The number of hydrogen-bond acceptors (Lipinski definition) is 3. The van der Waals surface area contributed by atoms with Gasteiger partial charge < -0.3 is 14.5 Å². The third kappa shape index (κ3) is 3.05. The molecule has 0 fully saturated rings. The number of furan rings is 1. The molecule has 98 valence electrons. The average molecular weight is 268 g/mol. The largest absolute Gasteiger partial charge is 0.444 e. The fraction of sp³-hybridized carbons (Fsp3) is 0.429. The quantitative estimate of drug-likeness (QED) is 0.868. The van der Waals surface area contributed by atoms with E-state index in [2.05, 4.69) is 5.32 Å². The lowest BCUT2D eigenvalue weighted by Crippen LogP contribution is -2.26. The Bertz CT molecular complexity index is 509. The molecule has 0 radical (unpaired) electrons.